The molecule has 0 aliphatic rings. The third-order valence-corrected chi connectivity index (χ3v) is 3.40. The maximum atomic E-state index is 13.1. The Morgan fingerprint density at radius 2 is 1.65 bits per heavy atom. The standard InChI is InChI=1S/C17H17ClFN/c1-20(13-5-12-18)17(14-6-3-2-4-7-14)15-8-10-16(19)11-9-15/h2-12,17H,13H2,1H3/b12-5+. The average molecular weight is 290 g/mol. The van der Waals surface area contributed by atoms with Gasteiger partial charge in [-0.2, -0.15) is 0 Å². The highest BCUT2D eigenvalue weighted by atomic mass is 35.5. The molecule has 0 saturated heterocycles. The Balaban J connectivity index is 2.36. The lowest BCUT2D eigenvalue weighted by Gasteiger charge is -2.28. The maximum Gasteiger partial charge on any atom is 0.123 e. The SMILES string of the molecule is CN(C/C=C/Cl)C(c1ccccc1)c1ccc(F)cc1. The predicted octanol–water partition coefficient (Wildman–Crippen LogP) is 4.60. The van der Waals surface area contributed by atoms with Crippen molar-refractivity contribution in [2.24, 2.45) is 0 Å². The van der Waals surface area contributed by atoms with E-state index in [1.807, 2.05) is 43.5 Å². The zero-order chi connectivity index (χ0) is 14.4. The Hall–Kier alpha value is -1.64. The van der Waals surface area contributed by atoms with Crippen LogP contribution in [-0.4, -0.2) is 18.5 Å². The minimum absolute atomic E-state index is 0.0738. The fourth-order valence-electron chi connectivity index (χ4n) is 2.29. The summed E-state index contributed by atoms with van der Waals surface area (Å²) in [4.78, 5) is 2.17. The highest BCUT2D eigenvalue weighted by Gasteiger charge is 2.18. The summed E-state index contributed by atoms with van der Waals surface area (Å²) < 4.78 is 13.1. The summed E-state index contributed by atoms with van der Waals surface area (Å²) >= 11 is 5.61. The normalized spacial score (nSPS) is 13.0. The number of rotatable bonds is 5. The van der Waals surface area contributed by atoms with Gasteiger partial charge >= 0.3 is 0 Å². The summed E-state index contributed by atoms with van der Waals surface area (Å²) in [6.07, 6.45) is 1.89. The number of hydrogen-bond donors (Lipinski definition) is 0. The first-order valence-corrected chi connectivity index (χ1v) is 6.92. The van der Waals surface area contributed by atoms with Gasteiger partial charge in [-0.25, -0.2) is 4.39 Å². The molecule has 0 bridgehead atoms. The molecule has 3 heteroatoms. The van der Waals surface area contributed by atoms with E-state index in [1.54, 1.807) is 0 Å². The van der Waals surface area contributed by atoms with Gasteiger partial charge in [-0.15, -0.1) is 0 Å². The number of halogens is 2. The van der Waals surface area contributed by atoms with E-state index in [-0.39, 0.29) is 11.9 Å². The molecule has 1 atom stereocenters. The lowest BCUT2D eigenvalue weighted by atomic mass is 9.97. The molecule has 0 spiro atoms. The fraction of sp³-hybridized carbons (Fsp3) is 0.176. The van der Waals surface area contributed by atoms with Crippen LogP contribution in [0, 0.1) is 5.82 Å². The van der Waals surface area contributed by atoms with Crippen molar-refractivity contribution < 1.29 is 4.39 Å². The molecular formula is C17H17ClFN. The largest absolute Gasteiger partial charge is 0.292 e. The average Bonchev–Trinajstić information content (AvgIpc) is 2.48. The van der Waals surface area contributed by atoms with Gasteiger partial charge in [0.1, 0.15) is 5.82 Å². The second-order valence-corrected chi connectivity index (χ2v) is 4.92. The van der Waals surface area contributed by atoms with E-state index in [9.17, 15) is 4.39 Å². The van der Waals surface area contributed by atoms with Gasteiger partial charge < -0.3 is 0 Å². The van der Waals surface area contributed by atoms with Gasteiger partial charge in [0.05, 0.1) is 6.04 Å². The summed E-state index contributed by atoms with van der Waals surface area (Å²) in [7, 11) is 2.03. The number of hydrogen-bond acceptors (Lipinski definition) is 1. The van der Waals surface area contributed by atoms with Crippen LogP contribution in [0.4, 0.5) is 4.39 Å². The Bertz CT molecular complexity index is 551. The molecule has 2 aromatic rings. The zero-order valence-corrected chi connectivity index (χ0v) is 12.1. The highest BCUT2D eigenvalue weighted by Crippen LogP contribution is 2.27. The van der Waals surface area contributed by atoms with E-state index < -0.39 is 0 Å². The van der Waals surface area contributed by atoms with Crippen LogP contribution in [0.3, 0.4) is 0 Å². The van der Waals surface area contributed by atoms with Crippen molar-refractivity contribution in [2.45, 2.75) is 6.04 Å². The van der Waals surface area contributed by atoms with Crippen LogP contribution < -0.4 is 0 Å². The minimum Gasteiger partial charge on any atom is -0.292 e. The van der Waals surface area contributed by atoms with Crippen molar-refractivity contribution in [3.63, 3.8) is 0 Å². The van der Waals surface area contributed by atoms with Gasteiger partial charge in [0.15, 0.2) is 0 Å². The lowest BCUT2D eigenvalue weighted by molar-refractivity contribution is 0.309. The zero-order valence-electron chi connectivity index (χ0n) is 11.3. The molecule has 104 valence electrons. The summed E-state index contributed by atoms with van der Waals surface area (Å²) in [5, 5.41) is 0. The highest BCUT2D eigenvalue weighted by molar-refractivity contribution is 6.25. The van der Waals surface area contributed by atoms with Crippen molar-refractivity contribution in [1.29, 1.82) is 0 Å². The molecule has 20 heavy (non-hydrogen) atoms. The molecule has 0 amide bonds. The van der Waals surface area contributed by atoms with E-state index in [2.05, 4.69) is 17.0 Å². The number of benzene rings is 2. The van der Waals surface area contributed by atoms with Crippen LogP contribution in [0.5, 0.6) is 0 Å². The van der Waals surface area contributed by atoms with Crippen molar-refractivity contribution in [1.82, 2.24) is 4.90 Å². The molecule has 0 heterocycles. The molecule has 0 N–H and O–H groups in total. The van der Waals surface area contributed by atoms with Gasteiger partial charge in [-0.3, -0.25) is 4.90 Å². The van der Waals surface area contributed by atoms with E-state index in [0.717, 1.165) is 12.1 Å². The first kappa shape index (κ1) is 14.8. The van der Waals surface area contributed by atoms with Crippen LogP contribution >= 0.6 is 11.6 Å². The van der Waals surface area contributed by atoms with Crippen molar-refractivity contribution in [3.8, 4) is 0 Å². The van der Waals surface area contributed by atoms with Gasteiger partial charge in [-0.1, -0.05) is 60.1 Å². The molecule has 0 radical (unpaired) electrons. The lowest BCUT2D eigenvalue weighted by Crippen LogP contribution is -2.25. The molecule has 0 aromatic heterocycles. The van der Waals surface area contributed by atoms with E-state index >= 15 is 0 Å². The summed E-state index contributed by atoms with van der Waals surface area (Å²) in [5.74, 6) is -0.219. The van der Waals surface area contributed by atoms with Crippen LogP contribution in [0.2, 0.25) is 0 Å². The molecule has 0 aliphatic carbocycles. The summed E-state index contributed by atoms with van der Waals surface area (Å²) in [5.41, 5.74) is 3.75. The first-order valence-electron chi connectivity index (χ1n) is 6.48. The Kier molecular flexibility index (Phi) is 5.33. The Morgan fingerprint density at radius 1 is 1.05 bits per heavy atom. The van der Waals surface area contributed by atoms with Gasteiger partial charge in [0.2, 0.25) is 0 Å². The van der Waals surface area contributed by atoms with Crippen molar-refractivity contribution in [3.05, 3.63) is 83.2 Å². The topological polar surface area (TPSA) is 3.24 Å². The molecule has 1 unspecified atom stereocenters. The summed E-state index contributed by atoms with van der Waals surface area (Å²) in [6, 6.07) is 16.9. The molecule has 0 saturated carbocycles. The molecule has 2 aromatic carbocycles. The Labute approximate surface area is 124 Å². The van der Waals surface area contributed by atoms with Crippen LogP contribution in [0.1, 0.15) is 17.2 Å². The van der Waals surface area contributed by atoms with Crippen molar-refractivity contribution >= 4 is 11.6 Å². The quantitative estimate of drug-likeness (QED) is 0.777. The second-order valence-electron chi connectivity index (χ2n) is 4.67. The molecule has 2 rings (SSSR count). The molecule has 0 fully saturated rings. The molecule has 0 aliphatic heterocycles. The van der Waals surface area contributed by atoms with Gasteiger partial charge in [-0.05, 0) is 30.3 Å². The molecule has 1 nitrogen and oxygen atoms in total. The third-order valence-electron chi connectivity index (χ3n) is 3.22. The van der Waals surface area contributed by atoms with Crippen molar-refractivity contribution in [2.75, 3.05) is 13.6 Å². The number of nitrogens with zero attached hydrogens (tertiary/aromatic N) is 1. The minimum atomic E-state index is -0.219. The van der Waals surface area contributed by atoms with Crippen LogP contribution in [-0.2, 0) is 0 Å². The third kappa shape index (κ3) is 3.69. The molecular weight excluding hydrogens is 273 g/mol. The van der Waals surface area contributed by atoms with E-state index in [1.165, 1.54) is 23.2 Å². The smallest absolute Gasteiger partial charge is 0.123 e. The van der Waals surface area contributed by atoms with Gasteiger partial charge in [0.25, 0.3) is 0 Å². The second kappa shape index (κ2) is 7.22. The van der Waals surface area contributed by atoms with Crippen LogP contribution in [0.25, 0.3) is 0 Å². The first-order chi connectivity index (χ1) is 9.72. The van der Waals surface area contributed by atoms with Crippen LogP contribution in [0.15, 0.2) is 66.2 Å². The maximum absolute atomic E-state index is 13.1. The van der Waals surface area contributed by atoms with E-state index in [4.69, 9.17) is 11.6 Å². The summed E-state index contributed by atoms with van der Waals surface area (Å²) in [6.45, 7) is 0.723. The number of likely N-dealkylation sites (N-methyl/N-ethyl adjacent to an activating group) is 1. The predicted molar refractivity (Wildman–Crippen MR) is 82.3 cm³/mol. The van der Waals surface area contributed by atoms with E-state index in [0.29, 0.717) is 0 Å². The fourth-order valence-corrected chi connectivity index (χ4v) is 2.37. The van der Waals surface area contributed by atoms with Gasteiger partial charge in [0, 0.05) is 12.1 Å². The Morgan fingerprint density at radius 3 is 2.25 bits per heavy atom. The monoisotopic (exact) mass is 289 g/mol.